The number of aryl methyl sites for hydroxylation is 2. The molecule has 2 unspecified atom stereocenters. The quantitative estimate of drug-likeness (QED) is 0.524. The van der Waals surface area contributed by atoms with Gasteiger partial charge in [-0.25, -0.2) is 14.6 Å². The number of benzene rings is 1. The summed E-state index contributed by atoms with van der Waals surface area (Å²) in [6.45, 7) is 11.4. The van der Waals surface area contributed by atoms with Gasteiger partial charge in [-0.2, -0.15) is 5.10 Å². The summed E-state index contributed by atoms with van der Waals surface area (Å²) in [5, 5.41) is 5.85. The third-order valence-electron chi connectivity index (χ3n) is 8.22. The maximum atomic E-state index is 11.9. The van der Waals surface area contributed by atoms with E-state index in [0.717, 1.165) is 55.3 Å². The first-order valence-corrected chi connectivity index (χ1v) is 13.5. The first-order valence-electron chi connectivity index (χ1n) is 13.5. The van der Waals surface area contributed by atoms with E-state index in [1.165, 1.54) is 24.0 Å². The van der Waals surface area contributed by atoms with Gasteiger partial charge in [-0.1, -0.05) is 0 Å². The molecule has 3 fully saturated rings. The van der Waals surface area contributed by atoms with Crippen LogP contribution < -0.4 is 4.90 Å². The number of rotatable bonds is 5. The monoisotopic (exact) mass is 504 g/mol. The number of hydrogen-bond acceptors (Lipinski definition) is 8. The second-order valence-electron chi connectivity index (χ2n) is 10.7. The molecule has 9 nitrogen and oxygen atoms in total. The SMILES string of the molecule is CC(=O)C1CN(c2cc(-n3ncc4cc(C)c(C5CCN(C6CCOC6)CC5)cc43)nc(C)n2)CCO1. The van der Waals surface area contributed by atoms with Gasteiger partial charge >= 0.3 is 0 Å². The van der Waals surface area contributed by atoms with Gasteiger partial charge in [0.2, 0.25) is 0 Å². The van der Waals surface area contributed by atoms with E-state index < -0.39 is 6.10 Å². The molecule has 196 valence electrons. The minimum Gasteiger partial charge on any atom is -0.380 e. The summed E-state index contributed by atoms with van der Waals surface area (Å²) in [4.78, 5) is 26.1. The van der Waals surface area contributed by atoms with Crippen LogP contribution in [0.5, 0.6) is 0 Å². The number of fused-ring (bicyclic) bond motifs is 1. The molecule has 9 heteroatoms. The lowest BCUT2D eigenvalue weighted by atomic mass is 9.86. The number of aromatic nitrogens is 4. The van der Waals surface area contributed by atoms with Crippen LogP contribution in [0.3, 0.4) is 0 Å². The molecule has 2 aromatic heterocycles. The summed E-state index contributed by atoms with van der Waals surface area (Å²) in [6.07, 6.45) is 5.00. The number of Topliss-reactive ketones (excluding diaryl/α,β-unsaturated/α-hetero) is 1. The molecule has 3 aromatic rings. The maximum absolute atomic E-state index is 11.9. The van der Waals surface area contributed by atoms with Crippen LogP contribution >= 0.6 is 0 Å². The molecule has 0 spiro atoms. The lowest BCUT2D eigenvalue weighted by molar-refractivity contribution is -0.128. The number of carbonyl (C=O) groups excluding carboxylic acids is 1. The van der Waals surface area contributed by atoms with E-state index in [1.807, 2.05) is 23.9 Å². The van der Waals surface area contributed by atoms with Gasteiger partial charge < -0.3 is 14.4 Å². The van der Waals surface area contributed by atoms with Crippen LogP contribution in [0.1, 0.15) is 49.1 Å². The zero-order valence-electron chi connectivity index (χ0n) is 22.0. The van der Waals surface area contributed by atoms with Crippen molar-refractivity contribution in [3.63, 3.8) is 0 Å². The van der Waals surface area contributed by atoms with Gasteiger partial charge in [-0.15, -0.1) is 0 Å². The normalized spacial score (nSPS) is 23.7. The van der Waals surface area contributed by atoms with E-state index in [-0.39, 0.29) is 5.78 Å². The van der Waals surface area contributed by atoms with Gasteiger partial charge in [0.25, 0.3) is 0 Å². The largest absolute Gasteiger partial charge is 0.380 e. The highest BCUT2D eigenvalue weighted by molar-refractivity contribution is 5.82. The highest BCUT2D eigenvalue weighted by Crippen LogP contribution is 2.34. The van der Waals surface area contributed by atoms with Crippen molar-refractivity contribution in [3.05, 3.63) is 41.3 Å². The van der Waals surface area contributed by atoms with Crippen LogP contribution in [0.2, 0.25) is 0 Å². The van der Waals surface area contributed by atoms with Gasteiger partial charge in [-0.05, 0) is 82.3 Å². The highest BCUT2D eigenvalue weighted by atomic mass is 16.5. The van der Waals surface area contributed by atoms with Crippen molar-refractivity contribution in [2.75, 3.05) is 50.9 Å². The lowest BCUT2D eigenvalue weighted by Crippen LogP contribution is -2.46. The van der Waals surface area contributed by atoms with Crippen molar-refractivity contribution in [3.8, 4) is 5.82 Å². The number of piperidine rings is 1. The van der Waals surface area contributed by atoms with E-state index in [1.54, 1.807) is 6.92 Å². The molecule has 3 saturated heterocycles. The number of ketones is 1. The average Bonchev–Trinajstić information content (AvgIpc) is 3.58. The molecule has 3 aliphatic rings. The Labute approximate surface area is 217 Å². The Hall–Kier alpha value is -2.88. The Balaban J connectivity index is 1.28. The van der Waals surface area contributed by atoms with Gasteiger partial charge in [0, 0.05) is 30.6 Å². The Bertz CT molecular complexity index is 1290. The summed E-state index contributed by atoms with van der Waals surface area (Å²) in [7, 11) is 0. The molecule has 6 rings (SSSR count). The molecule has 3 aliphatic heterocycles. The number of hydrogen-bond donors (Lipinski definition) is 0. The van der Waals surface area contributed by atoms with Crippen molar-refractivity contribution in [2.24, 2.45) is 0 Å². The predicted molar refractivity (Wildman–Crippen MR) is 142 cm³/mol. The zero-order chi connectivity index (χ0) is 25.5. The molecule has 0 N–H and O–H groups in total. The molecule has 5 heterocycles. The van der Waals surface area contributed by atoms with E-state index in [4.69, 9.17) is 19.6 Å². The zero-order valence-corrected chi connectivity index (χ0v) is 22.0. The van der Waals surface area contributed by atoms with Crippen molar-refractivity contribution >= 4 is 22.5 Å². The first kappa shape index (κ1) is 24.5. The van der Waals surface area contributed by atoms with E-state index in [9.17, 15) is 4.79 Å². The summed E-state index contributed by atoms with van der Waals surface area (Å²) >= 11 is 0. The van der Waals surface area contributed by atoms with Crippen LogP contribution in [0.25, 0.3) is 16.7 Å². The standard InChI is InChI=1S/C28H36N6O3/c1-18-12-22-15-29-34(25(22)13-24(18)21-4-7-32(8-5-21)23-6-10-36-17-23)28-14-27(30-20(3)31-28)33-9-11-37-26(16-33)19(2)35/h12-15,21,23,26H,4-11,16-17H2,1-3H3. The Kier molecular flexibility index (Phi) is 6.69. The second kappa shape index (κ2) is 10.1. The number of morpholine rings is 1. The minimum atomic E-state index is -0.420. The van der Waals surface area contributed by atoms with Crippen molar-refractivity contribution in [1.29, 1.82) is 0 Å². The fraction of sp³-hybridized carbons (Fsp3) is 0.571. The topological polar surface area (TPSA) is 85.6 Å². The number of likely N-dealkylation sites (tertiary alicyclic amines) is 1. The highest BCUT2D eigenvalue weighted by Gasteiger charge is 2.29. The second-order valence-corrected chi connectivity index (χ2v) is 10.7. The van der Waals surface area contributed by atoms with Crippen molar-refractivity contribution < 1.29 is 14.3 Å². The molecular weight excluding hydrogens is 468 g/mol. The van der Waals surface area contributed by atoms with E-state index in [2.05, 4.69) is 33.8 Å². The van der Waals surface area contributed by atoms with Gasteiger partial charge in [0.1, 0.15) is 17.7 Å². The van der Waals surface area contributed by atoms with E-state index >= 15 is 0 Å². The van der Waals surface area contributed by atoms with Crippen LogP contribution in [0.15, 0.2) is 24.4 Å². The first-order chi connectivity index (χ1) is 18.0. The number of nitrogens with zero attached hydrogens (tertiary/aromatic N) is 6. The van der Waals surface area contributed by atoms with Crippen LogP contribution in [-0.2, 0) is 14.3 Å². The summed E-state index contributed by atoms with van der Waals surface area (Å²) in [5.41, 5.74) is 3.82. The Morgan fingerprint density at radius 3 is 2.57 bits per heavy atom. The van der Waals surface area contributed by atoms with E-state index in [0.29, 0.717) is 37.5 Å². The average molecular weight is 505 g/mol. The number of carbonyl (C=O) groups is 1. The third kappa shape index (κ3) is 4.87. The molecule has 2 atom stereocenters. The summed E-state index contributed by atoms with van der Waals surface area (Å²) < 4.78 is 13.2. The third-order valence-corrected chi connectivity index (χ3v) is 8.22. The van der Waals surface area contributed by atoms with Gasteiger partial charge in [0.05, 0.1) is 31.5 Å². The Morgan fingerprint density at radius 1 is 1.00 bits per heavy atom. The molecular formula is C28H36N6O3. The molecule has 37 heavy (non-hydrogen) atoms. The minimum absolute atomic E-state index is 0.0408. The van der Waals surface area contributed by atoms with Crippen LogP contribution in [0.4, 0.5) is 5.82 Å². The van der Waals surface area contributed by atoms with Crippen LogP contribution in [0, 0.1) is 13.8 Å². The molecule has 0 bridgehead atoms. The number of ether oxygens (including phenoxy) is 2. The molecule has 0 saturated carbocycles. The van der Waals surface area contributed by atoms with Crippen molar-refractivity contribution in [1.82, 2.24) is 24.6 Å². The van der Waals surface area contributed by atoms with Crippen LogP contribution in [-0.4, -0.2) is 88.6 Å². The predicted octanol–water partition coefficient (Wildman–Crippen LogP) is 3.19. The number of anilines is 1. The summed E-state index contributed by atoms with van der Waals surface area (Å²) in [6, 6.07) is 7.16. The summed E-state index contributed by atoms with van der Waals surface area (Å²) in [5.74, 6) is 2.81. The van der Waals surface area contributed by atoms with Crippen molar-refractivity contribution in [2.45, 2.75) is 58.1 Å². The lowest BCUT2D eigenvalue weighted by Gasteiger charge is -2.36. The molecule has 0 radical (unpaired) electrons. The van der Waals surface area contributed by atoms with Gasteiger partial charge in [0.15, 0.2) is 11.6 Å². The van der Waals surface area contributed by atoms with Gasteiger partial charge in [-0.3, -0.25) is 9.69 Å². The fourth-order valence-corrected chi connectivity index (χ4v) is 6.12. The molecule has 0 aliphatic carbocycles. The smallest absolute Gasteiger partial charge is 0.160 e. The Morgan fingerprint density at radius 2 is 1.81 bits per heavy atom. The molecule has 0 amide bonds. The molecule has 1 aromatic carbocycles. The maximum Gasteiger partial charge on any atom is 0.160 e. The fourth-order valence-electron chi connectivity index (χ4n) is 6.12.